The van der Waals surface area contributed by atoms with Crippen LogP contribution < -0.4 is 0 Å². The van der Waals surface area contributed by atoms with Gasteiger partial charge in [0.05, 0.1) is 5.56 Å². The van der Waals surface area contributed by atoms with Crippen molar-refractivity contribution in [3.8, 4) is 0 Å². The van der Waals surface area contributed by atoms with Crippen molar-refractivity contribution in [1.82, 2.24) is 14.3 Å². The minimum atomic E-state index is -1.09. The van der Waals surface area contributed by atoms with E-state index in [0.29, 0.717) is 11.2 Å². The summed E-state index contributed by atoms with van der Waals surface area (Å²) in [7, 11) is 3.31. The van der Waals surface area contributed by atoms with Crippen LogP contribution in [0.3, 0.4) is 0 Å². The second kappa shape index (κ2) is 3.89. The number of rotatable bonds is 2. The van der Waals surface area contributed by atoms with Gasteiger partial charge in [0.15, 0.2) is 5.69 Å². The van der Waals surface area contributed by atoms with Gasteiger partial charge in [0, 0.05) is 26.5 Å². The highest BCUT2D eigenvalue weighted by molar-refractivity contribution is 5.94. The number of carboxylic acid groups (broad SMARTS) is 1. The Morgan fingerprint density at radius 1 is 1.29 bits per heavy atom. The van der Waals surface area contributed by atoms with Crippen LogP contribution in [0, 0.1) is 0 Å². The standard InChI is InChI=1S/C11H11N3O3/c1-13(2)10(15)7-3-4-9-12-8(11(16)17)6-14(9)5-7/h3-6H,1-2H3,(H,16,17). The number of carboxylic acids is 1. The fourth-order valence-corrected chi connectivity index (χ4v) is 1.48. The summed E-state index contributed by atoms with van der Waals surface area (Å²) in [6.07, 6.45) is 2.95. The number of aromatic carboxylic acids is 1. The number of carbonyl (C=O) groups is 2. The van der Waals surface area contributed by atoms with Crippen molar-refractivity contribution in [2.75, 3.05) is 14.1 Å². The van der Waals surface area contributed by atoms with E-state index in [2.05, 4.69) is 4.98 Å². The van der Waals surface area contributed by atoms with E-state index in [4.69, 9.17) is 5.11 Å². The number of imidazole rings is 1. The number of nitrogens with zero attached hydrogens (tertiary/aromatic N) is 3. The van der Waals surface area contributed by atoms with E-state index in [1.807, 2.05) is 0 Å². The summed E-state index contributed by atoms with van der Waals surface area (Å²) in [5.41, 5.74) is 0.939. The van der Waals surface area contributed by atoms with Crippen molar-refractivity contribution < 1.29 is 14.7 Å². The van der Waals surface area contributed by atoms with Gasteiger partial charge in [-0.1, -0.05) is 0 Å². The topological polar surface area (TPSA) is 74.9 Å². The fraction of sp³-hybridized carbons (Fsp3) is 0.182. The summed E-state index contributed by atoms with van der Waals surface area (Å²) in [6.45, 7) is 0. The molecule has 0 radical (unpaired) electrons. The first-order valence-electron chi connectivity index (χ1n) is 4.93. The molecule has 2 rings (SSSR count). The van der Waals surface area contributed by atoms with Crippen LogP contribution in [-0.4, -0.2) is 45.4 Å². The van der Waals surface area contributed by atoms with Crippen molar-refractivity contribution in [2.45, 2.75) is 0 Å². The molecule has 17 heavy (non-hydrogen) atoms. The van der Waals surface area contributed by atoms with Crippen LogP contribution >= 0.6 is 0 Å². The average Bonchev–Trinajstić information content (AvgIpc) is 2.70. The SMILES string of the molecule is CN(C)C(=O)c1ccc2nc(C(=O)O)cn2c1. The lowest BCUT2D eigenvalue weighted by Gasteiger charge is -2.09. The van der Waals surface area contributed by atoms with Gasteiger partial charge in [-0.05, 0) is 12.1 Å². The Hall–Kier alpha value is -2.37. The van der Waals surface area contributed by atoms with Gasteiger partial charge in [-0.15, -0.1) is 0 Å². The molecule has 2 aromatic heterocycles. The zero-order valence-electron chi connectivity index (χ0n) is 9.41. The minimum Gasteiger partial charge on any atom is -0.476 e. The molecular weight excluding hydrogens is 222 g/mol. The van der Waals surface area contributed by atoms with Crippen molar-refractivity contribution in [2.24, 2.45) is 0 Å². The van der Waals surface area contributed by atoms with Crippen LogP contribution in [-0.2, 0) is 0 Å². The van der Waals surface area contributed by atoms with E-state index in [1.165, 1.54) is 15.5 Å². The highest BCUT2D eigenvalue weighted by Gasteiger charge is 2.12. The summed E-state index contributed by atoms with van der Waals surface area (Å²) in [5, 5.41) is 8.80. The Morgan fingerprint density at radius 3 is 2.59 bits per heavy atom. The molecule has 0 saturated heterocycles. The fourth-order valence-electron chi connectivity index (χ4n) is 1.48. The zero-order valence-corrected chi connectivity index (χ0v) is 9.41. The molecule has 0 aliphatic heterocycles. The smallest absolute Gasteiger partial charge is 0.356 e. The largest absolute Gasteiger partial charge is 0.476 e. The number of aromatic nitrogens is 2. The van der Waals surface area contributed by atoms with Gasteiger partial charge in [0.2, 0.25) is 0 Å². The minimum absolute atomic E-state index is 0.0422. The summed E-state index contributed by atoms with van der Waals surface area (Å²) in [6, 6.07) is 3.24. The molecule has 1 N–H and O–H groups in total. The number of fused-ring (bicyclic) bond motifs is 1. The van der Waals surface area contributed by atoms with E-state index < -0.39 is 5.97 Å². The summed E-state index contributed by atoms with van der Waals surface area (Å²) < 4.78 is 1.53. The van der Waals surface area contributed by atoms with Crippen LogP contribution in [0.15, 0.2) is 24.5 Å². The molecule has 0 aromatic carbocycles. The lowest BCUT2D eigenvalue weighted by molar-refractivity contribution is 0.0691. The Labute approximate surface area is 97.1 Å². The van der Waals surface area contributed by atoms with E-state index in [9.17, 15) is 9.59 Å². The lowest BCUT2D eigenvalue weighted by atomic mass is 10.2. The third kappa shape index (κ3) is 1.96. The second-order valence-corrected chi connectivity index (χ2v) is 3.81. The monoisotopic (exact) mass is 233 g/mol. The van der Waals surface area contributed by atoms with E-state index in [1.54, 1.807) is 32.4 Å². The maximum absolute atomic E-state index is 11.7. The van der Waals surface area contributed by atoms with Gasteiger partial charge in [-0.2, -0.15) is 0 Å². The molecular formula is C11H11N3O3. The summed E-state index contributed by atoms with van der Waals surface area (Å²) in [4.78, 5) is 27.8. The van der Waals surface area contributed by atoms with Crippen LogP contribution in [0.4, 0.5) is 0 Å². The Balaban J connectivity index is 2.50. The molecule has 6 heteroatoms. The zero-order chi connectivity index (χ0) is 12.6. The van der Waals surface area contributed by atoms with Gasteiger partial charge < -0.3 is 14.4 Å². The predicted molar refractivity (Wildman–Crippen MR) is 60.2 cm³/mol. The predicted octanol–water partition coefficient (Wildman–Crippen LogP) is 0.734. The maximum atomic E-state index is 11.7. The Bertz CT molecular complexity index is 601. The summed E-state index contributed by atoms with van der Waals surface area (Å²) >= 11 is 0. The van der Waals surface area contributed by atoms with Gasteiger partial charge in [0.1, 0.15) is 5.65 Å². The molecule has 0 saturated carbocycles. The quantitative estimate of drug-likeness (QED) is 0.829. The molecule has 88 valence electrons. The van der Waals surface area contributed by atoms with E-state index >= 15 is 0 Å². The third-order valence-electron chi connectivity index (χ3n) is 2.32. The first-order valence-corrected chi connectivity index (χ1v) is 4.93. The number of carbonyl (C=O) groups excluding carboxylic acids is 1. The molecule has 0 atom stereocenters. The molecule has 0 spiro atoms. The molecule has 0 aliphatic carbocycles. The van der Waals surface area contributed by atoms with Gasteiger partial charge in [-0.25, -0.2) is 9.78 Å². The number of pyridine rings is 1. The van der Waals surface area contributed by atoms with E-state index in [-0.39, 0.29) is 11.6 Å². The molecule has 0 unspecified atom stereocenters. The van der Waals surface area contributed by atoms with Crippen molar-refractivity contribution in [3.63, 3.8) is 0 Å². The molecule has 0 fully saturated rings. The van der Waals surface area contributed by atoms with Crippen LogP contribution in [0.2, 0.25) is 0 Å². The van der Waals surface area contributed by atoms with Crippen molar-refractivity contribution >= 4 is 17.5 Å². The first kappa shape index (κ1) is 11.1. The summed E-state index contributed by atoms with van der Waals surface area (Å²) in [5.74, 6) is -1.23. The Morgan fingerprint density at radius 2 is 2.00 bits per heavy atom. The first-order chi connectivity index (χ1) is 7.99. The molecule has 6 nitrogen and oxygen atoms in total. The van der Waals surface area contributed by atoms with Crippen molar-refractivity contribution in [3.05, 3.63) is 35.8 Å². The number of amides is 1. The van der Waals surface area contributed by atoms with Gasteiger partial charge in [0.25, 0.3) is 5.91 Å². The lowest BCUT2D eigenvalue weighted by Crippen LogP contribution is -2.21. The average molecular weight is 233 g/mol. The van der Waals surface area contributed by atoms with Gasteiger partial charge >= 0.3 is 5.97 Å². The molecule has 1 amide bonds. The van der Waals surface area contributed by atoms with Gasteiger partial charge in [-0.3, -0.25) is 4.79 Å². The maximum Gasteiger partial charge on any atom is 0.356 e. The molecule has 0 bridgehead atoms. The number of hydrogen-bond acceptors (Lipinski definition) is 3. The second-order valence-electron chi connectivity index (χ2n) is 3.81. The van der Waals surface area contributed by atoms with Crippen LogP contribution in [0.1, 0.15) is 20.8 Å². The van der Waals surface area contributed by atoms with Crippen molar-refractivity contribution in [1.29, 1.82) is 0 Å². The number of hydrogen-bond donors (Lipinski definition) is 1. The molecule has 2 aromatic rings. The normalized spacial score (nSPS) is 10.5. The third-order valence-corrected chi connectivity index (χ3v) is 2.32. The molecule has 2 heterocycles. The molecule has 0 aliphatic rings. The van der Waals surface area contributed by atoms with E-state index in [0.717, 1.165) is 0 Å². The highest BCUT2D eigenvalue weighted by Crippen LogP contribution is 2.09. The van der Waals surface area contributed by atoms with Crippen LogP contribution in [0.25, 0.3) is 5.65 Å². The Kier molecular flexibility index (Phi) is 2.55. The highest BCUT2D eigenvalue weighted by atomic mass is 16.4. The van der Waals surface area contributed by atoms with Crippen LogP contribution in [0.5, 0.6) is 0 Å².